The summed E-state index contributed by atoms with van der Waals surface area (Å²) < 4.78 is 10.6. The van der Waals surface area contributed by atoms with E-state index < -0.39 is 0 Å². The first-order chi connectivity index (χ1) is 14.1. The van der Waals surface area contributed by atoms with Gasteiger partial charge in [-0.05, 0) is 55.2 Å². The first-order valence-corrected chi connectivity index (χ1v) is 10.1. The number of anilines is 2. The van der Waals surface area contributed by atoms with Crippen LogP contribution in [0.25, 0.3) is 0 Å². The number of benzene rings is 2. The maximum absolute atomic E-state index is 12.8. The number of hydrogen-bond donors (Lipinski definition) is 1. The number of para-hydroxylation sites is 1. The van der Waals surface area contributed by atoms with Crippen LogP contribution in [-0.2, 0) is 11.2 Å². The van der Waals surface area contributed by atoms with Crippen molar-refractivity contribution in [1.29, 1.82) is 0 Å². The first-order valence-electron chi connectivity index (χ1n) is 10.1. The normalized spacial score (nSPS) is 15.9. The van der Waals surface area contributed by atoms with Crippen molar-refractivity contribution in [1.82, 2.24) is 0 Å². The number of methoxy groups -OCH3 is 2. The van der Waals surface area contributed by atoms with E-state index in [1.807, 2.05) is 23.1 Å². The number of fused-ring (bicyclic) bond motifs is 1. The van der Waals surface area contributed by atoms with Crippen LogP contribution in [0.2, 0.25) is 0 Å². The molecule has 2 aromatic rings. The van der Waals surface area contributed by atoms with Gasteiger partial charge in [0, 0.05) is 23.8 Å². The average Bonchev–Trinajstić information content (AvgIpc) is 3.42. The van der Waals surface area contributed by atoms with Crippen molar-refractivity contribution < 1.29 is 19.1 Å². The molecule has 152 valence electrons. The highest BCUT2D eigenvalue weighted by atomic mass is 16.5. The van der Waals surface area contributed by atoms with Crippen LogP contribution in [0.3, 0.4) is 0 Å². The van der Waals surface area contributed by atoms with Gasteiger partial charge in [0.25, 0.3) is 5.91 Å². The van der Waals surface area contributed by atoms with Crippen LogP contribution < -0.4 is 19.7 Å². The van der Waals surface area contributed by atoms with E-state index in [2.05, 4.69) is 5.32 Å². The Morgan fingerprint density at radius 2 is 1.86 bits per heavy atom. The first kappa shape index (κ1) is 19.3. The lowest BCUT2D eigenvalue weighted by molar-refractivity contribution is -0.122. The van der Waals surface area contributed by atoms with Crippen LogP contribution in [0.15, 0.2) is 36.4 Å². The summed E-state index contributed by atoms with van der Waals surface area (Å²) in [6.07, 6.45) is 5.11. The van der Waals surface area contributed by atoms with E-state index in [4.69, 9.17) is 9.47 Å². The largest absolute Gasteiger partial charge is 0.493 e. The molecule has 0 saturated heterocycles. The van der Waals surface area contributed by atoms with Gasteiger partial charge in [-0.1, -0.05) is 18.9 Å². The standard InChI is InChI=1S/C23H26N2O4/c1-28-20-9-5-8-18(21(20)29-2)22(26)24-17-10-11-19-16(14-17)12-13-25(19)23(27)15-6-3-4-7-15/h5,8-11,14-15H,3-4,6-7,12-13H2,1-2H3,(H,24,26). The summed E-state index contributed by atoms with van der Waals surface area (Å²) in [6.45, 7) is 0.714. The molecule has 0 spiro atoms. The number of rotatable bonds is 5. The fourth-order valence-electron chi connectivity index (χ4n) is 4.37. The molecule has 0 atom stereocenters. The maximum atomic E-state index is 12.8. The number of ether oxygens (including phenoxy) is 2. The molecule has 0 aromatic heterocycles. The lowest BCUT2D eigenvalue weighted by atomic mass is 10.1. The highest BCUT2D eigenvalue weighted by Gasteiger charge is 2.32. The summed E-state index contributed by atoms with van der Waals surface area (Å²) in [7, 11) is 3.05. The van der Waals surface area contributed by atoms with Gasteiger partial charge >= 0.3 is 0 Å². The molecule has 1 aliphatic heterocycles. The zero-order valence-electron chi connectivity index (χ0n) is 16.9. The van der Waals surface area contributed by atoms with Gasteiger partial charge in [0.05, 0.1) is 19.8 Å². The van der Waals surface area contributed by atoms with Crippen molar-refractivity contribution in [3.05, 3.63) is 47.5 Å². The minimum Gasteiger partial charge on any atom is -0.493 e. The average molecular weight is 394 g/mol. The third kappa shape index (κ3) is 3.67. The molecule has 4 rings (SSSR count). The van der Waals surface area contributed by atoms with Gasteiger partial charge in [-0.15, -0.1) is 0 Å². The number of nitrogens with zero attached hydrogens (tertiary/aromatic N) is 1. The Bertz CT molecular complexity index is 934. The molecule has 0 unspecified atom stereocenters. The molecule has 0 radical (unpaired) electrons. The second-order valence-corrected chi connectivity index (χ2v) is 7.56. The predicted molar refractivity (Wildman–Crippen MR) is 112 cm³/mol. The van der Waals surface area contributed by atoms with Crippen LogP contribution in [0.5, 0.6) is 11.5 Å². The van der Waals surface area contributed by atoms with Crippen LogP contribution in [0, 0.1) is 5.92 Å². The molecular formula is C23H26N2O4. The smallest absolute Gasteiger partial charge is 0.259 e. The number of hydrogen-bond acceptors (Lipinski definition) is 4. The van der Waals surface area contributed by atoms with Crippen molar-refractivity contribution in [3.8, 4) is 11.5 Å². The van der Waals surface area contributed by atoms with Crippen molar-refractivity contribution in [3.63, 3.8) is 0 Å². The maximum Gasteiger partial charge on any atom is 0.259 e. The zero-order chi connectivity index (χ0) is 20.4. The fourth-order valence-corrected chi connectivity index (χ4v) is 4.37. The van der Waals surface area contributed by atoms with Gasteiger partial charge in [0.1, 0.15) is 0 Å². The summed E-state index contributed by atoms with van der Waals surface area (Å²) in [5.74, 6) is 1.06. The topological polar surface area (TPSA) is 67.9 Å². The summed E-state index contributed by atoms with van der Waals surface area (Å²) >= 11 is 0. The van der Waals surface area contributed by atoms with Gasteiger partial charge in [0.2, 0.25) is 5.91 Å². The van der Waals surface area contributed by atoms with Gasteiger partial charge in [0.15, 0.2) is 11.5 Å². The Balaban J connectivity index is 1.52. The Morgan fingerprint density at radius 3 is 2.59 bits per heavy atom. The van der Waals surface area contributed by atoms with E-state index in [0.717, 1.165) is 43.4 Å². The Kier molecular flexibility index (Phi) is 5.43. The Labute approximate surface area is 170 Å². The van der Waals surface area contributed by atoms with Crippen LogP contribution in [-0.4, -0.2) is 32.6 Å². The lowest BCUT2D eigenvalue weighted by Crippen LogP contribution is -2.33. The van der Waals surface area contributed by atoms with E-state index in [9.17, 15) is 9.59 Å². The second-order valence-electron chi connectivity index (χ2n) is 7.56. The molecule has 1 fully saturated rings. The molecule has 2 amide bonds. The van der Waals surface area contributed by atoms with Gasteiger partial charge in [-0.2, -0.15) is 0 Å². The number of amides is 2. The van der Waals surface area contributed by atoms with Crippen molar-refractivity contribution in [2.24, 2.45) is 5.92 Å². The van der Waals surface area contributed by atoms with Crippen LogP contribution >= 0.6 is 0 Å². The quantitative estimate of drug-likeness (QED) is 0.831. The van der Waals surface area contributed by atoms with Gasteiger partial charge < -0.3 is 19.7 Å². The predicted octanol–water partition coefficient (Wildman–Crippen LogP) is 4.04. The summed E-state index contributed by atoms with van der Waals surface area (Å²) in [5.41, 5.74) is 3.17. The molecule has 1 N–H and O–H groups in total. The van der Waals surface area contributed by atoms with E-state index in [0.29, 0.717) is 29.3 Å². The van der Waals surface area contributed by atoms with Crippen LogP contribution in [0.1, 0.15) is 41.6 Å². The molecule has 6 heteroatoms. The molecule has 1 heterocycles. The summed E-state index contributed by atoms with van der Waals surface area (Å²) in [4.78, 5) is 27.5. The number of carbonyl (C=O) groups excluding carboxylic acids is 2. The van der Waals surface area contributed by atoms with E-state index in [1.165, 1.54) is 7.11 Å². The summed E-state index contributed by atoms with van der Waals surface area (Å²) in [5, 5.41) is 2.94. The lowest BCUT2D eigenvalue weighted by Gasteiger charge is -2.21. The van der Waals surface area contributed by atoms with Crippen molar-refractivity contribution in [2.75, 3.05) is 31.0 Å². The van der Waals surface area contributed by atoms with Gasteiger partial charge in [-0.3, -0.25) is 9.59 Å². The minimum absolute atomic E-state index is 0.167. The number of nitrogens with one attached hydrogen (secondary N) is 1. The second kappa shape index (κ2) is 8.15. The van der Waals surface area contributed by atoms with E-state index in [1.54, 1.807) is 25.3 Å². The highest BCUT2D eigenvalue weighted by Crippen LogP contribution is 2.35. The fraction of sp³-hybridized carbons (Fsp3) is 0.391. The third-order valence-electron chi connectivity index (χ3n) is 5.85. The van der Waals surface area contributed by atoms with Crippen molar-refractivity contribution >= 4 is 23.2 Å². The molecule has 1 aliphatic carbocycles. The monoisotopic (exact) mass is 394 g/mol. The molecule has 1 saturated carbocycles. The van der Waals surface area contributed by atoms with E-state index in [-0.39, 0.29) is 17.7 Å². The molecular weight excluding hydrogens is 368 g/mol. The Hall–Kier alpha value is -3.02. The number of carbonyl (C=O) groups is 2. The molecule has 6 nitrogen and oxygen atoms in total. The molecule has 2 aliphatic rings. The minimum atomic E-state index is -0.266. The zero-order valence-corrected chi connectivity index (χ0v) is 16.9. The molecule has 2 aromatic carbocycles. The Morgan fingerprint density at radius 1 is 1.07 bits per heavy atom. The molecule has 0 bridgehead atoms. The summed E-state index contributed by atoms with van der Waals surface area (Å²) in [6, 6.07) is 11.0. The third-order valence-corrected chi connectivity index (χ3v) is 5.85. The SMILES string of the molecule is COc1cccc(C(=O)Nc2ccc3c(c2)CCN3C(=O)C2CCCC2)c1OC. The van der Waals surface area contributed by atoms with Crippen molar-refractivity contribution in [2.45, 2.75) is 32.1 Å². The van der Waals surface area contributed by atoms with Gasteiger partial charge in [-0.25, -0.2) is 0 Å². The van der Waals surface area contributed by atoms with Crippen LogP contribution in [0.4, 0.5) is 11.4 Å². The highest BCUT2D eigenvalue weighted by molar-refractivity contribution is 6.07. The molecule has 29 heavy (non-hydrogen) atoms. The van der Waals surface area contributed by atoms with E-state index >= 15 is 0 Å².